The molecule has 0 N–H and O–H groups in total. The van der Waals surface area contributed by atoms with Crippen LogP contribution in [-0.4, -0.2) is 16.6 Å². The Hall–Kier alpha value is -1.64. The Balaban J connectivity index is 2.58. The molecular formula is C16H22N2O. The Morgan fingerprint density at radius 3 is 2.53 bits per heavy atom. The van der Waals surface area contributed by atoms with Gasteiger partial charge in [0.2, 0.25) is 5.88 Å². The first kappa shape index (κ1) is 13.8. The number of nitrogens with zero attached hydrogens (tertiary/aromatic N) is 2. The van der Waals surface area contributed by atoms with E-state index in [1.54, 1.807) is 0 Å². The Morgan fingerprint density at radius 2 is 1.89 bits per heavy atom. The highest BCUT2D eigenvalue weighted by atomic mass is 16.5. The van der Waals surface area contributed by atoms with Crippen molar-refractivity contribution >= 4 is 10.9 Å². The monoisotopic (exact) mass is 258 g/mol. The van der Waals surface area contributed by atoms with Crippen LogP contribution in [0.5, 0.6) is 5.88 Å². The fraction of sp³-hybridized carbons (Fsp3) is 0.500. The number of ether oxygens (including phenoxy) is 1. The first-order valence-electron chi connectivity index (χ1n) is 6.83. The second kappa shape index (κ2) is 5.16. The molecule has 102 valence electrons. The number of aromatic nitrogens is 2. The van der Waals surface area contributed by atoms with Crippen LogP contribution in [0.25, 0.3) is 10.9 Å². The van der Waals surface area contributed by atoms with Crippen LogP contribution in [0.3, 0.4) is 0 Å². The molecule has 0 unspecified atom stereocenters. The van der Waals surface area contributed by atoms with Gasteiger partial charge in [-0.2, -0.15) is 4.98 Å². The highest BCUT2D eigenvalue weighted by Crippen LogP contribution is 2.29. The molecule has 0 bridgehead atoms. The Morgan fingerprint density at radius 1 is 1.16 bits per heavy atom. The van der Waals surface area contributed by atoms with Crippen molar-refractivity contribution in [3.05, 3.63) is 29.6 Å². The number of hydrogen-bond acceptors (Lipinski definition) is 3. The lowest BCUT2D eigenvalue weighted by Crippen LogP contribution is -2.11. The van der Waals surface area contributed by atoms with E-state index in [9.17, 15) is 0 Å². The SMILES string of the molecule is CCCOc1nc(C)nc2ccc(C(C)(C)C)cc12. The predicted octanol–water partition coefficient (Wildman–Crippen LogP) is 4.02. The van der Waals surface area contributed by atoms with Gasteiger partial charge >= 0.3 is 0 Å². The van der Waals surface area contributed by atoms with Crippen molar-refractivity contribution in [3.63, 3.8) is 0 Å². The highest BCUT2D eigenvalue weighted by molar-refractivity contribution is 5.84. The molecule has 0 aliphatic rings. The first-order chi connectivity index (χ1) is 8.91. The van der Waals surface area contributed by atoms with Gasteiger partial charge < -0.3 is 4.74 Å². The molecule has 0 fully saturated rings. The molecule has 19 heavy (non-hydrogen) atoms. The number of hydrogen-bond donors (Lipinski definition) is 0. The van der Waals surface area contributed by atoms with Crippen molar-refractivity contribution in [1.29, 1.82) is 0 Å². The van der Waals surface area contributed by atoms with Crippen molar-refractivity contribution in [2.24, 2.45) is 0 Å². The maximum Gasteiger partial charge on any atom is 0.224 e. The zero-order valence-corrected chi connectivity index (χ0v) is 12.4. The molecule has 0 amide bonds. The number of rotatable bonds is 3. The van der Waals surface area contributed by atoms with E-state index in [0.29, 0.717) is 12.5 Å². The molecule has 0 saturated heterocycles. The van der Waals surface area contributed by atoms with Crippen LogP contribution in [-0.2, 0) is 5.41 Å². The Kier molecular flexibility index (Phi) is 3.74. The summed E-state index contributed by atoms with van der Waals surface area (Å²) in [6, 6.07) is 6.35. The van der Waals surface area contributed by atoms with Crippen LogP contribution in [0.15, 0.2) is 18.2 Å². The van der Waals surface area contributed by atoms with Crippen LogP contribution in [0.4, 0.5) is 0 Å². The third-order valence-corrected chi connectivity index (χ3v) is 3.08. The molecule has 3 nitrogen and oxygen atoms in total. The van der Waals surface area contributed by atoms with Gasteiger partial charge in [0, 0.05) is 0 Å². The van der Waals surface area contributed by atoms with Gasteiger partial charge in [-0.05, 0) is 36.5 Å². The van der Waals surface area contributed by atoms with E-state index >= 15 is 0 Å². The van der Waals surface area contributed by atoms with Crippen LogP contribution in [0.1, 0.15) is 45.5 Å². The fourth-order valence-electron chi connectivity index (χ4n) is 1.99. The van der Waals surface area contributed by atoms with E-state index in [2.05, 4.69) is 55.9 Å². The molecule has 0 atom stereocenters. The molecule has 0 aliphatic heterocycles. The zero-order chi connectivity index (χ0) is 14.0. The van der Waals surface area contributed by atoms with Gasteiger partial charge in [-0.1, -0.05) is 33.8 Å². The molecule has 0 aliphatic carbocycles. The Labute approximate surface area is 115 Å². The lowest BCUT2D eigenvalue weighted by atomic mass is 9.86. The van der Waals surface area contributed by atoms with Crippen LogP contribution in [0.2, 0.25) is 0 Å². The number of benzene rings is 1. The lowest BCUT2D eigenvalue weighted by Gasteiger charge is -2.19. The van der Waals surface area contributed by atoms with E-state index in [1.807, 2.05) is 6.92 Å². The maximum atomic E-state index is 5.77. The minimum absolute atomic E-state index is 0.112. The highest BCUT2D eigenvalue weighted by Gasteiger charge is 2.16. The summed E-state index contributed by atoms with van der Waals surface area (Å²) in [5.41, 5.74) is 2.33. The Bertz CT molecular complexity index is 585. The molecule has 3 heteroatoms. The average Bonchev–Trinajstić information content (AvgIpc) is 2.34. The van der Waals surface area contributed by atoms with Gasteiger partial charge in [-0.3, -0.25) is 0 Å². The van der Waals surface area contributed by atoms with Crippen molar-refractivity contribution in [1.82, 2.24) is 9.97 Å². The molecule has 0 radical (unpaired) electrons. The minimum atomic E-state index is 0.112. The van der Waals surface area contributed by atoms with Gasteiger partial charge in [0.25, 0.3) is 0 Å². The van der Waals surface area contributed by atoms with Crippen molar-refractivity contribution in [3.8, 4) is 5.88 Å². The van der Waals surface area contributed by atoms with Gasteiger partial charge in [-0.15, -0.1) is 0 Å². The summed E-state index contributed by atoms with van der Waals surface area (Å²) in [6.45, 7) is 11.3. The summed E-state index contributed by atoms with van der Waals surface area (Å²) < 4.78 is 5.77. The minimum Gasteiger partial charge on any atom is -0.477 e. The van der Waals surface area contributed by atoms with E-state index in [-0.39, 0.29) is 5.41 Å². The first-order valence-corrected chi connectivity index (χ1v) is 6.83. The standard InChI is InChI=1S/C16H22N2O/c1-6-9-19-15-13-10-12(16(3,4)5)7-8-14(13)17-11(2)18-15/h7-8,10H,6,9H2,1-5H3. The van der Waals surface area contributed by atoms with E-state index < -0.39 is 0 Å². The molecule has 1 aromatic carbocycles. The zero-order valence-electron chi connectivity index (χ0n) is 12.4. The van der Waals surface area contributed by atoms with Crippen molar-refractivity contribution < 1.29 is 4.74 Å². The van der Waals surface area contributed by atoms with Gasteiger partial charge in [0.1, 0.15) is 5.82 Å². The third-order valence-electron chi connectivity index (χ3n) is 3.08. The van der Waals surface area contributed by atoms with E-state index in [0.717, 1.165) is 23.1 Å². The summed E-state index contributed by atoms with van der Waals surface area (Å²) in [5, 5.41) is 1.01. The number of fused-ring (bicyclic) bond motifs is 1. The lowest BCUT2D eigenvalue weighted by molar-refractivity contribution is 0.308. The quantitative estimate of drug-likeness (QED) is 0.834. The molecule has 1 aromatic heterocycles. The van der Waals surface area contributed by atoms with Gasteiger partial charge in [0.05, 0.1) is 17.5 Å². The van der Waals surface area contributed by atoms with Crippen molar-refractivity contribution in [2.75, 3.05) is 6.61 Å². The normalized spacial score (nSPS) is 11.8. The molecule has 2 aromatic rings. The van der Waals surface area contributed by atoms with E-state index in [4.69, 9.17) is 4.74 Å². The van der Waals surface area contributed by atoms with Crippen LogP contribution < -0.4 is 4.74 Å². The second-order valence-corrected chi connectivity index (χ2v) is 5.91. The number of aryl methyl sites for hydroxylation is 1. The largest absolute Gasteiger partial charge is 0.477 e. The summed E-state index contributed by atoms with van der Waals surface area (Å²) >= 11 is 0. The van der Waals surface area contributed by atoms with Crippen molar-refractivity contribution in [2.45, 2.75) is 46.5 Å². The third kappa shape index (κ3) is 3.03. The van der Waals surface area contributed by atoms with Crippen LogP contribution in [0, 0.1) is 6.92 Å². The average molecular weight is 258 g/mol. The van der Waals surface area contributed by atoms with E-state index in [1.165, 1.54) is 5.56 Å². The molecule has 0 spiro atoms. The van der Waals surface area contributed by atoms with Crippen LogP contribution >= 0.6 is 0 Å². The topological polar surface area (TPSA) is 35.0 Å². The maximum absolute atomic E-state index is 5.77. The fourth-order valence-corrected chi connectivity index (χ4v) is 1.99. The molecular weight excluding hydrogens is 236 g/mol. The smallest absolute Gasteiger partial charge is 0.224 e. The molecule has 0 saturated carbocycles. The summed E-state index contributed by atoms with van der Waals surface area (Å²) in [4.78, 5) is 8.91. The van der Waals surface area contributed by atoms with Gasteiger partial charge in [-0.25, -0.2) is 4.98 Å². The second-order valence-electron chi connectivity index (χ2n) is 5.91. The summed E-state index contributed by atoms with van der Waals surface area (Å²) in [5.74, 6) is 1.46. The molecule has 1 heterocycles. The predicted molar refractivity (Wildman–Crippen MR) is 78.8 cm³/mol. The van der Waals surface area contributed by atoms with Gasteiger partial charge in [0.15, 0.2) is 0 Å². The summed E-state index contributed by atoms with van der Waals surface area (Å²) in [6.07, 6.45) is 0.976. The molecule has 2 rings (SSSR count). The summed E-state index contributed by atoms with van der Waals surface area (Å²) in [7, 11) is 0.